The molecule has 4 aromatic rings. The standard InChI is InChI=1S/C28H26ClF2N3O2S/c1-32-19-3-5-20(6-4-19)34(15-18-14-17(2-9-23(18)35)16-10-12-33-13-11-16)28(36)27-25(29)24-21(30)7-8-22(31)26(24)37-27/h2,7-14,19-20,32,35H,3-6,15H2,1H3. The van der Waals surface area contributed by atoms with E-state index in [1.165, 1.54) is 0 Å². The molecule has 5 rings (SSSR count). The van der Waals surface area contributed by atoms with Gasteiger partial charge in [-0.05, 0) is 80.3 Å². The Balaban J connectivity index is 1.54. The third-order valence-electron chi connectivity index (χ3n) is 7.12. The number of rotatable bonds is 6. The number of amides is 1. The average Bonchev–Trinajstić information content (AvgIpc) is 3.29. The molecule has 2 aromatic heterocycles. The number of nitrogens with one attached hydrogen (secondary N) is 1. The fourth-order valence-electron chi connectivity index (χ4n) is 5.03. The monoisotopic (exact) mass is 541 g/mol. The number of phenols is 1. The number of pyridine rings is 1. The van der Waals surface area contributed by atoms with E-state index in [0.29, 0.717) is 11.6 Å². The number of hydrogen-bond donors (Lipinski definition) is 2. The Morgan fingerprint density at radius 1 is 1.08 bits per heavy atom. The molecule has 192 valence electrons. The Labute approximate surface area is 222 Å². The number of halogens is 3. The van der Waals surface area contributed by atoms with Gasteiger partial charge in [-0.1, -0.05) is 17.7 Å². The van der Waals surface area contributed by atoms with Gasteiger partial charge < -0.3 is 15.3 Å². The third kappa shape index (κ3) is 5.06. The summed E-state index contributed by atoms with van der Waals surface area (Å²) in [7, 11) is 1.93. The first-order chi connectivity index (χ1) is 17.9. The van der Waals surface area contributed by atoms with E-state index in [-0.39, 0.29) is 38.3 Å². The minimum absolute atomic E-state index is 0.0229. The number of nitrogens with zero attached hydrogens (tertiary/aromatic N) is 2. The maximum atomic E-state index is 14.5. The van der Waals surface area contributed by atoms with Crippen LogP contribution in [0.1, 0.15) is 40.9 Å². The van der Waals surface area contributed by atoms with Crippen LogP contribution in [0, 0.1) is 11.6 Å². The van der Waals surface area contributed by atoms with Crippen molar-refractivity contribution in [3.05, 3.63) is 82.0 Å². The molecule has 0 saturated heterocycles. The Hall–Kier alpha value is -3.07. The molecule has 0 spiro atoms. The Morgan fingerprint density at radius 2 is 1.78 bits per heavy atom. The maximum Gasteiger partial charge on any atom is 0.266 e. The van der Waals surface area contributed by atoms with Gasteiger partial charge in [-0.2, -0.15) is 0 Å². The van der Waals surface area contributed by atoms with Crippen molar-refractivity contribution in [2.24, 2.45) is 0 Å². The molecule has 5 nitrogen and oxygen atoms in total. The predicted molar refractivity (Wildman–Crippen MR) is 143 cm³/mol. The van der Waals surface area contributed by atoms with Crippen LogP contribution in [-0.4, -0.2) is 40.0 Å². The van der Waals surface area contributed by atoms with Gasteiger partial charge >= 0.3 is 0 Å². The zero-order valence-electron chi connectivity index (χ0n) is 20.2. The first-order valence-corrected chi connectivity index (χ1v) is 13.3. The van der Waals surface area contributed by atoms with E-state index in [1.54, 1.807) is 23.4 Å². The fraction of sp³-hybridized carbons (Fsp3) is 0.286. The van der Waals surface area contributed by atoms with E-state index < -0.39 is 17.5 Å². The molecule has 0 radical (unpaired) electrons. The molecule has 1 aliphatic carbocycles. The molecule has 2 heterocycles. The molecule has 37 heavy (non-hydrogen) atoms. The zero-order chi connectivity index (χ0) is 26.1. The van der Waals surface area contributed by atoms with Crippen LogP contribution >= 0.6 is 22.9 Å². The second-order valence-electron chi connectivity index (χ2n) is 9.29. The molecule has 1 amide bonds. The summed E-state index contributed by atoms with van der Waals surface area (Å²) in [5.74, 6) is -1.61. The minimum atomic E-state index is -0.666. The SMILES string of the molecule is CNC1CCC(N(Cc2cc(-c3ccncc3)ccc2O)C(=O)c2sc3c(F)ccc(F)c3c2Cl)CC1. The summed E-state index contributed by atoms with van der Waals surface area (Å²) in [4.78, 5) is 19.8. The molecule has 2 aromatic carbocycles. The van der Waals surface area contributed by atoms with Gasteiger partial charge in [0.2, 0.25) is 0 Å². The van der Waals surface area contributed by atoms with Crippen molar-refractivity contribution in [2.75, 3.05) is 7.05 Å². The highest BCUT2D eigenvalue weighted by molar-refractivity contribution is 7.21. The van der Waals surface area contributed by atoms with Crippen molar-refractivity contribution in [3.63, 3.8) is 0 Å². The van der Waals surface area contributed by atoms with Gasteiger partial charge in [0.05, 0.1) is 15.1 Å². The fourth-order valence-corrected chi connectivity index (χ4v) is 6.53. The summed E-state index contributed by atoms with van der Waals surface area (Å²) in [6, 6.07) is 11.3. The van der Waals surface area contributed by atoms with Gasteiger partial charge in [-0.25, -0.2) is 8.78 Å². The predicted octanol–water partition coefficient (Wildman–Crippen LogP) is 6.77. The van der Waals surface area contributed by atoms with Crippen molar-refractivity contribution in [1.29, 1.82) is 0 Å². The number of benzene rings is 2. The Bertz CT molecular complexity index is 1440. The number of carbonyl (C=O) groups is 1. The lowest BCUT2D eigenvalue weighted by atomic mass is 9.89. The lowest BCUT2D eigenvalue weighted by Crippen LogP contribution is -2.44. The molecule has 1 saturated carbocycles. The number of fused-ring (bicyclic) bond motifs is 1. The van der Waals surface area contributed by atoms with Crippen LogP contribution in [0.4, 0.5) is 8.78 Å². The first-order valence-electron chi connectivity index (χ1n) is 12.1. The molecular weight excluding hydrogens is 516 g/mol. The molecule has 2 N–H and O–H groups in total. The lowest BCUT2D eigenvalue weighted by Gasteiger charge is -2.37. The minimum Gasteiger partial charge on any atom is -0.508 e. The van der Waals surface area contributed by atoms with E-state index in [9.17, 15) is 18.7 Å². The summed E-state index contributed by atoms with van der Waals surface area (Å²) >= 11 is 7.35. The lowest BCUT2D eigenvalue weighted by molar-refractivity contribution is 0.0605. The first kappa shape index (κ1) is 25.6. The molecule has 0 aliphatic heterocycles. The van der Waals surface area contributed by atoms with Gasteiger partial charge in [-0.3, -0.25) is 9.78 Å². The summed E-state index contributed by atoms with van der Waals surface area (Å²) in [5.41, 5.74) is 2.39. The summed E-state index contributed by atoms with van der Waals surface area (Å²) in [6.45, 7) is 0.133. The molecule has 0 atom stereocenters. The van der Waals surface area contributed by atoms with Gasteiger partial charge in [-0.15, -0.1) is 11.3 Å². The average molecular weight is 542 g/mol. The van der Waals surface area contributed by atoms with Crippen LogP contribution < -0.4 is 5.32 Å². The maximum absolute atomic E-state index is 14.5. The number of thiophene rings is 1. The van der Waals surface area contributed by atoms with Gasteiger partial charge in [0.1, 0.15) is 22.3 Å². The second kappa shape index (κ2) is 10.7. The van der Waals surface area contributed by atoms with E-state index in [1.807, 2.05) is 31.3 Å². The third-order valence-corrected chi connectivity index (χ3v) is 8.79. The highest BCUT2D eigenvalue weighted by atomic mass is 35.5. The van der Waals surface area contributed by atoms with Gasteiger partial charge in [0.15, 0.2) is 0 Å². The molecular formula is C28H26ClF2N3O2S. The van der Waals surface area contributed by atoms with E-state index >= 15 is 0 Å². The van der Waals surface area contributed by atoms with Gasteiger partial charge in [0, 0.05) is 36.6 Å². The van der Waals surface area contributed by atoms with Crippen LogP contribution in [0.25, 0.3) is 21.2 Å². The van der Waals surface area contributed by atoms with Crippen molar-refractivity contribution >= 4 is 38.9 Å². The number of hydrogen-bond acceptors (Lipinski definition) is 5. The second-order valence-corrected chi connectivity index (χ2v) is 10.7. The summed E-state index contributed by atoms with van der Waals surface area (Å²) < 4.78 is 29.0. The van der Waals surface area contributed by atoms with Crippen LogP contribution in [0.3, 0.4) is 0 Å². The smallest absolute Gasteiger partial charge is 0.266 e. The summed E-state index contributed by atoms with van der Waals surface area (Å²) in [6.07, 6.45) is 6.68. The molecule has 9 heteroatoms. The molecule has 0 unspecified atom stereocenters. The normalized spacial score (nSPS) is 17.7. The number of carbonyl (C=O) groups excluding carboxylic acids is 1. The van der Waals surface area contributed by atoms with Crippen LogP contribution in [0.2, 0.25) is 5.02 Å². The van der Waals surface area contributed by atoms with Crippen molar-refractivity contribution in [3.8, 4) is 16.9 Å². The zero-order valence-corrected chi connectivity index (χ0v) is 21.8. The Kier molecular flexibility index (Phi) is 7.42. The van der Waals surface area contributed by atoms with Gasteiger partial charge in [0.25, 0.3) is 5.91 Å². The van der Waals surface area contributed by atoms with Crippen molar-refractivity contribution in [1.82, 2.24) is 15.2 Å². The van der Waals surface area contributed by atoms with E-state index in [0.717, 1.165) is 60.3 Å². The molecule has 1 fully saturated rings. The van der Waals surface area contributed by atoms with Crippen LogP contribution in [-0.2, 0) is 6.54 Å². The highest BCUT2D eigenvalue weighted by Crippen LogP contribution is 2.40. The topological polar surface area (TPSA) is 65.5 Å². The van der Waals surface area contributed by atoms with Crippen molar-refractivity contribution < 1.29 is 18.7 Å². The number of aromatic nitrogens is 1. The van der Waals surface area contributed by atoms with E-state index in [4.69, 9.17) is 11.6 Å². The van der Waals surface area contributed by atoms with Crippen LogP contribution in [0.15, 0.2) is 54.9 Å². The molecule has 1 aliphatic rings. The highest BCUT2D eigenvalue weighted by Gasteiger charge is 2.33. The largest absolute Gasteiger partial charge is 0.508 e. The van der Waals surface area contributed by atoms with Crippen LogP contribution in [0.5, 0.6) is 5.75 Å². The number of phenolic OH excluding ortho intramolecular Hbond substituents is 1. The summed E-state index contributed by atoms with van der Waals surface area (Å²) in [5, 5.41) is 13.9. The Morgan fingerprint density at radius 3 is 2.46 bits per heavy atom. The van der Waals surface area contributed by atoms with E-state index in [2.05, 4.69) is 10.3 Å². The van der Waals surface area contributed by atoms with Crippen molar-refractivity contribution in [2.45, 2.75) is 44.3 Å². The molecule has 0 bridgehead atoms. The number of aromatic hydroxyl groups is 1. The quantitative estimate of drug-likeness (QED) is 0.282.